The van der Waals surface area contributed by atoms with Crippen LogP contribution in [-0.2, 0) is 0 Å². The summed E-state index contributed by atoms with van der Waals surface area (Å²) in [7, 11) is 0. The Morgan fingerprint density at radius 1 is 0.636 bits per heavy atom. The Balaban J connectivity index is 2.32. The summed E-state index contributed by atoms with van der Waals surface area (Å²) in [6.07, 6.45) is -6.36. The second-order valence-electron chi connectivity index (χ2n) is 3.62. The molecule has 0 aliphatic carbocycles. The number of thioether (sulfide) groups is 6. The van der Waals surface area contributed by atoms with Gasteiger partial charge in [0.15, 0.2) is 0 Å². The summed E-state index contributed by atoms with van der Waals surface area (Å²) in [5.41, 5.74) is 0. The molecule has 0 saturated heterocycles. The molecule has 0 saturated carbocycles. The first-order chi connectivity index (χ1) is 10.1. The van der Waals surface area contributed by atoms with E-state index in [2.05, 4.69) is 0 Å². The van der Waals surface area contributed by atoms with Gasteiger partial charge >= 0.3 is 12.4 Å². The summed E-state index contributed by atoms with van der Waals surface area (Å²) < 4.78 is 79.4. The maximum atomic E-state index is 12.8. The Labute approximate surface area is 148 Å². The molecule has 0 unspecified atom stereocenters. The second-order valence-corrected chi connectivity index (χ2v) is 10.4. The van der Waals surface area contributed by atoms with Gasteiger partial charge < -0.3 is 0 Å². The van der Waals surface area contributed by atoms with Crippen LogP contribution in [0.25, 0.3) is 0 Å². The lowest BCUT2D eigenvalue weighted by atomic mass is 10.4. The lowest BCUT2D eigenvalue weighted by molar-refractivity contribution is -0.103. The van der Waals surface area contributed by atoms with Crippen LogP contribution < -0.4 is 0 Å². The van der Waals surface area contributed by atoms with E-state index in [1.54, 1.807) is 0 Å². The third kappa shape index (κ3) is 4.11. The smallest absolute Gasteiger partial charge is 0.166 e. The van der Waals surface area contributed by atoms with E-state index in [-0.39, 0.29) is 27.8 Å². The van der Waals surface area contributed by atoms with Crippen molar-refractivity contribution in [2.24, 2.45) is 0 Å². The molecular weight excluding hydrogens is 426 g/mol. The van der Waals surface area contributed by atoms with Gasteiger partial charge in [0, 0.05) is 0 Å². The molecule has 2 aliphatic heterocycles. The predicted octanol–water partition coefficient (Wildman–Crippen LogP) is 7.26. The van der Waals surface area contributed by atoms with E-state index in [1.807, 2.05) is 12.5 Å². The number of rotatable bonds is 2. The van der Waals surface area contributed by atoms with Crippen molar-refractivity contribution in [3.05, 3.63) is 26.8 Å². The van der Waals surface area contributed by atoms with Crippen molar-refractivity contribution >= 4 is 70.6 Å². The summed E-state index contributed by atoms with van der Waals surface area (Å²) in [6, 6.07) is 0. The van der Waals surface area contributed by atoms with Gasteiger partial charge in [-0.15, -0.1) is 23.5 Å². The average molecular weight is 433 g/mol. The number of halogens is 6. The molecule has 0 spiro atoms. The number of hydrogen-bond acceptors (Lipinski definition) is 6. The highest BCUT2D eigenvalue weighted by Crippen LogP contribution is 2.66. The van der Waals surface area contributed by atoms with Crippen molar-refractivity contribution in [1.82, 2.24) is 0 Å². The highest BCUT2D eigenvalue weighted by atomic mass is 32.3. The van der Waals surface area contributed by atoms with Gasteiger partial charge in [-0.3, -0.25) is 0 Å². The Kier molecular flexibility index (Phi) is 6.14. The van der Waals surface area contributed by atoms with Gasteiger partial charge in [-0.05, 0) is 12.5 Å². The third-order valence-electron chi connectivity index (χ3n) is 2.19. The molecule has 2 rings (SSSR count). The van der Waals surface area contributed by atoms with E-state index < -0.39 is 22.2 Å². The summed E-state index contributed by atoms with van der Waals surface area (Å²) in [6.45, 7) is 0. The van der Waals surface area contributed by atoms with Gasteiger partial charge in [-0.25, -0.2) is 0 Å². The Morgan fingerprint density at radius 2 is 0.955 bits per heavy atom. The molecule has 2 aliphatic rings. The number of alkyl halides is 6. The molecule has 0 aromatic carbocycles. The number of hydrogen-bond donors (Lipinski definition) is 0. The Bertz CT molecular complexity index is 523. The van der Waals surface area contributed by atoms with Crippen molar-refractivity contribution in [3.8, 4) is 0 Å². The quantitative estimate of drug-likeness (QED) is 0.418. The van der Waals surface area contributed by atoms with E-state index in [0.29, 0.717) is 4.24 Å². The van der Waals surface area contributed by atoms with Crippen LogP contribution in [0.1, 0.15) is 0 Å². The maximum absolute atomic E-state index is 12.8. The molecule has 0 aromatic rings. The molecule has 0 N–H and O–H groups in total. The van der Waals surface area contributed by atoms with Crippen LogP contribution in [0.5, 0.6) is 0 Å². The summed E-state index contributed by atoms with van der Waals surface area (Å²) in [5.74, 6) is 0. The van der Waals surface area contributed by atoms with Gasteiger partial charge in [-0.1, -0.05) is 47.0 Å². The largest absolute Gasteiger partial charge is 0.423 e. The Morgan fingerprint density at radius 3 is 1.23 bits per heavy atom. The first-order valence-corrected chi connectivity index (χ1v) is 11.0. The average Bonchev–Trinajstić information content (AvgIpc) is 3.00. The molecule has 0 radical (unpaired) electrons. The van der Waals surface area contributed by atoms with Crippen LogP contribution in [-0.4, -0.2) is 24.9 Å². The van der Waals surface area contributed by atoms with Gasteiger partial charge in [0.2, 0.25) is 0 Å². The zero-order valence-electron chi connectivity index (χ0n) is 10.7. The lowest BCUT2D eigenvalue weighted by Gasteiger charge is -2.10. The molecule has 2 heterocycles. The monoisotopic (exact) mass is 432 g/mol. The summed E-state index contributed by atoms with van der Waals surface area (Å²) in [4.78, 5) is -3.14. The topological polar surface area (TPSA) is 0 Å². The fourth-order valence-corrected chi connectivity index (χ4v) is 9.12. The minimum absolute atomic E-state index is 0.0465. The SMILES string of the molecule is CSC1=C(SC)SC(=C2SC(C(F)(F)F)=C(C(F)(F)F)S2)S1. The normalized spacial score (nSPS) is 20.7. The van der Waals surface area contributed by atoms with E-state index in [0.717, 1.165) is 8.47 Å². The van der Waals surface area contributed by atoms with Crippen molar-refractivity contribution < 1.29 is 26.3 Å². The van der Waals surface area contributed by atoms with E-state index in [9.17, 15) is 26.3 Å². The molecule has 22 heavy (non-hydrogen) atoms. The standard InChI is InChI=1S/C10H6F6S6/c1-17-5-6(18-2)22-8(21-5)7-19-3(9(11,12)13)4(20-7)10(14,15)16/h1-2H3. The van der Waals surface area contributed by atoms with E-state index in [1.165, 1.54) is 47.0 Å². The number of allylic oxidation sites excluding steroid dienone is 2. The minimum atomic E-state index is -5.00. The zero-order chi connectivity index (χ0) is 16.7. The van der Waals surface area contributed by atoms with Crippen LogP contribution >= 0.6 is 70.6 Å². The molecule has 0 amide bonds. The maximum Gasteiger partial charge on any atom is 0.423 e. The zero-order valence-corrected chi connectivity index (χ0v) is 15.6. The molecule has 0 bridgehead atoms. The molecule has 0 nitrogen and oxygen atoms in total. The molecule has 124 valence electrons. The van der Waals surface area contributed by atoms with Crippen LogP contribution in [0.15, 0.2) is 26.8 Å². The predicted molar refractivity (Wildman–Crippen MR) is 90.6 cm³/mol. The first kappa shape index (κ1) is 19.2. The van der Waals surface area contributed by atoms with Crippen molar-refractivity contribution in [2.45, 2.75) is 12.4 Å². The van der Waals surface area contributed by atoms with Crippen LogP contribution in [0.4, 0.5) is 26.3 Å². The van der Waals surface area contributed by atoms with Gasteiger partial charge in [-0.2, -0.15) is 26.3 Å². The Hall–Kier alpha value is 0.900. The molecule has 0 fully saturated rings. The summed E-state index contributed by atoms with van der Waals surface area (Å²) in [5, 5.41) is 0. The second kappa shape index (κ2) is 7.03. The van der Waals surface area contributed by atoms with Gasteiger partial charge in [0.1, 0.15) is 9.81 Å². The fraction of sp³-hybridized carbons (Fsp3) is 0.400. The van der Waals surface area contributed by atoms with Crippen LogP contribution in [0, 0.1) is 0 Å². The van der Waals surface area contributed by atoms with Crippen LogP contribution in [0.3, 0.4) is 0 Å². The molecule has 0 atom stereocenters. The fourth-order valence-electron chi connectivity index (χ4n) is 1.36. The van der Waals surface area contributed by atoms with Crippen molar-refractivity contribution in [1.29, 1.82) is 0 Å². The minimum Gasteiger partial charge on any atom is -0.166 e. The molecule has 12 heteroatoms. The van der Waals surface area contributed by atoms with Crippen molar-refractivity contribution in [3.63, 3.8) is 0 Å². The highest BCUT2D eigenvalue weighted by molar-refractivity contribution is 8.42. The van der Waals surface area contributed by atoms with Gasteiger partial charge in [0.05, 0.1) is 16.9 Å². The van der Waals surface area contributed by atoms with Crippen molar-refractivity contribution in [2.75, 3.05) is 12.5 Å². The van der Waals surface area contributed by atoms with Crippen LogP contribution in [0.2, 0.25) is 0 Å². The molecular formula is C10H6F6S6. The summed E-state index contributed by atoms with van der Waals surface area (Å²) >= 11 is 5.65. The van der Waals surface area contributed by atoms with Gasteiger partial charge in [0.25, 0.3) is 0 Å². The highest BCUT2D eigenvalue weighted by Gasteiger charge is 2.51. The molecule has 0 aromatic heterocycles. The van der Waals surface area contributed by atoms with E-state index >= 15 is 0 Å². The first-order valence-electron chi connectivity index (χ1n) is 5.24. The van der Waals surface area contributed by atoms with E-state index in [4.69, 9.17) is 0 Å². The third-order valence-corrected chi connectivity index (χ3v) is 10.6. The lowest BCUT2D eigenvalue weighted by Crippen LogP contribution is -2.16.